The Kier molecular flexibility index (Phi) is 6.40. The van der Waals surface area contributed by atoms with Crippen LogP contribution in [0.1, 0.15) is 55.5 Å². The molecule has 0 aliphatic heterocycles. The SMILES string of the molecule is CCCCC(CC)COc1cccc(C(=O)O)c1C. The average molecular weight is 264 g/mol. The molecule has 0 radical (unpaired) electrons. The van der Waals surface area contributed by atoms with E-state index >= 15 is 0 Å². The molecule has 0 amide bonds. The van der Waals surface area contributed by atoms with Gasteiger partial charge in [0.1, 0.15) is 5.75 Å². The summed E-state index contributed by atoms with van der Waals surface area (Å²) >= 11 is 0. The van der Waals surface area contributed by atoms with Crippen LogP contribution in [0.4, 0.5) is 0 Å². The Bertz CT molecular complexity index is 412. The minimum Gasteiger partial charge on any atom is -0.493 e. The van der Waals surface area contributed by atoms with Crippen molar-refractivity contribution in [2.24, 2.45) is 5.92 Å². The number of carboxylic acid groups (broad SMARTS) is 1. The summed E-state index contributed by atoms with van der Waals surface area (Å²) in [4.78, 5) is 11.1. The normalized spacial score (nSPS) is 12.2. The summed E-state index contributed by atoms with van der Waals surface area (Å²) in [5.41, 5.74) is 1.03. The molecule has 1 aromatic carbocycles. The van der Waals surface area contributed by atoms with Crippen molar-refractivity contribution in [3.63, 3.8) is 0 Å². The van der Waals surface area contributed by atoms with Gasteiger partial charge in [0.15, 0.2) is 0 Å². The number of ether oxygens (including phenoxy) is 1. The van der Waals surface area contributed by atoms with E-state index in [1.807, 2.05) is 6.07 Å². The molecule has 0 saturated heterocycles. The highest BCUT2D eigenvalue weighted by Crippen LogP contribution is 2.23. The minimum atomic E-state index is -0.902. The van der Waals surface area contributed by atoms with Crippen LogP contribution < -0.4 is 4.74 Å². The first-order valence-corrected chi connectivity index (χ1v) is 7.05. The lowest BCUT2D eigenvalue weighted by molar-refractivity contribution is 0.0695. The van der Waals surface area contributed by atoms with Crippen LogP contribution in [0.25, 0.3) is 0 Å². The molecule has 106 valence electrons. The molecule has 0 aliphatic carbocycles. The van der Waals surface area contributed by atoms with E-state index < -0.39 is 5.97 Å². The molecular weight excluding hydrogens is 240 g/mol. The van der Waals surface area contributed by atoms with Gasteiger partial charge in [0.05, 0.1) is 12.2 Å². The van der Waals surface area contributed by atoms with Gasteiger partial charge in [0.25, 0.3) is 0 Å². The van der Waals surface area contributed by atoms with E-state index in [1.54, 1.807) is 19.1 Å². The monoisotopic (exact) mass is 264 g/mol. The fourth-order valence-corrected chi connectivity index (χ4v) is 2.11. The van der Waals surface area contributed by atoms with Crippen LogP contribution in [0.2, 0.25) is 0 Å². The van der Waals surface area contributed by atoms with Crippen molar-refractivity contribution in [1.82, 2.24) is 0 Å². The molecule has 1 N–H and O–H groups in total. The molecule has 19 heavy (non-hydrogen) atoms. The van der Waals surface area contributed by atoms with E-state index in [1.165, 1.54) is 19.3 Å². The molecule has 1 aromatic rings. The van der Waals surface area contributed by atoms with Crippen LogP contribution in [0, 0.1) is 12.8 Å². The van der Waals surface area contributed by atoms with Crippen molar-refractivity contribution in [2.75, 3.05) is 6.61 Å². The summed E-state index contributed by atoms with van der Waals surface area (Å²) in [5.74, 6) is 0.337. The molecule has 0 spiro atoms. The lowest BCUT2D eigenvalue weighted by Crippen LogP contribution is -2.12. The predicted octanol–water partition coefficient (Wildman–Crippen LogP) is 4.29. The third kappa shape index (κ3) is 4.58. The number of unbranched alkanes of at least 4 members (excludes halogenated alkanes) is 1. The van der Waals surface area contributed by atoms with E-state index in [-0.39, 0.29) is 0 Å². The van der Waals surface area contributed by atoms with Crippen molar-refractivity contribution < 1.29 is 14.6 Å². The summed E-state index contributed by atoms with van der Waals surface area (Å²) in [6.45, 7) is 6.82. The number of aromatic carboxylic acids is 1. The molecular formula is C16H24O3. The first-order valence-electron chi connectivity index (χ1n) is 7.05. The summed E-state index contributed by atoms with van der Waals surface area (Å²) in [6.07, 6.45) is 4.68. The minimum absolute atomic E-state index is 0.319. The molecule has 3 heteroatoms. The first-order chi connectivity index (χ1) is 9.10. The van der Waals surface area contributed by atoms with Crippen molar-refractivity contribution in [3.8, 4) is 5.75 Å². The lowest BCUT2D eigenvalue weighted by Gasteiger charge is -2.17. The Morgan fingerprint density at radius 2 is 2.11 bits per heavy atom. The Morgan fingerprint density at radius 1 is 1.37 bits per heavy atom. The Balaban J connectivity index is 2.66. The summed E-state index contributed by atoms with van der Waals surface area (Å²) < 4.78 is 5.81. The van der Waals surface area contributed by atoms with E-state index in [2.05, 4.69) is 13.8 Å². The third-order valence-corrected chi connectivity index (χ3v) is 3.53. The van der Waals surface area contributed by atoms with Crippen LogP contribution in [-0.4, -0.2) is 17.7 Å². The molecule has 1 rings (SSSR count). The summed E-state index contributed by atoms with van der Waals surface area (Å²) in [7, 11) is 0. The van der Waals surface area contributed by atoms with Gasteiger partial charge in [-0.1, -0.05) is 39.2 Å². The molecule has 0 heterocycles. The van der Waals surface area contributed by atoms with E-state index in [0.29, 0.717) is 29.4 Å². The van der Waals surface area contributed by atoms with E-state index in [9.17, 15) is 4.79 Å². The van der Waals surface area contributed by atoms with Crippen molar-refractivity contribution in [2.45, 2.75) is 46.5 Å². The highest BCUT2D eigenvalue weighted by molar-refractivity contribution is 5.90. The largest absolute Gasteiger partial charge is 0.493 e. The molecule has 3 nitrogen and oxygen atoms in total. The highest BCUT2D eigenvalue weighted by atomic mass is 16.5. The molecule has 0 saturated carbocycles. The van der Waals surface area contributed by atoms with Crippen molar-refractivity contribution >= 4 is 5.97 Å². The summed E-state index contributed by atoms with van der Waals surface area (Å²) in [5, 5.41) is 9.07. The zero-order valence-corrected chi connectivity index (χ0v) is 12.1. The number of rotatable bonds is 8. The fourth-order valence-electron chi connectivity index (χ4n) is 2.11. The van der Waals surface area contributed by atoms with Gasteiger partial charge in [0.2, 0.25) is 0 Å². The molecule has 0 aromatic heterocycles. The maximum Gasteiger partial charge on any atom is 0.336 e. The standard InChI is InChI=1S/C16H24O3/c1-4-6-8-13(5-2)11-19-15-10-7-9-14(12(15)3)16(17)18/h7,9-10,13H,4-6,8,11H2,1-3H3,(H,17,18). The number of hydrogen-bond donors (Lipinski definition) is 1. The second-order valence-electron chi connectivity index (χ2n) is 4.96. The topological polar surface area (TPSA) is 46.5 Å². The Labute approximate surface area is 115 Å². The predicted molar refractivity (Wildman–Crippen MR) is 76.9 cm³/mol. The van der Waals surface area contributed by atoms with Crippen LogP contribution in [-0.2, 0) is 0 Å². The second kappa shape index (κ2) is 7.82. The van der Waals surface area contributed by atoms with Crippen LogP contribution in [0.3, 0.4) is 0 Å². The van der Waals surface area contributed by atoms with Gasteiger partial charge in [0, 0.05) is 5.56 Å². The Morgan fingerprint density at radius 3 is 2.68 bits per heavy atom. The number of carbonyl (C=O) groups is 1. The van der Waals surface area contributed by atoms with Crippen LogP contribution >= 0.6 is 0 Å². The highest BCUT2D eigenvalue weighted by Gasteiger charge is 2.12. The maximum absolute atomic E-state index is 11.1. The quantitative estimate of drug-likeness (QED) is 0.762. The second-order valence-corrected chi connectivity index (χ2v) is 4.96. The van der Waals surface area contributed by atoms with Gasteiger partial charge < -0.3 is 9.84 Å². The molecule has 1 unspecified atom stereocenters. The molecule has 0 bridgehead atoms. The third-order valence-electron chi connectivity index (χ3n) is 3.53. The zero-order valence-electron chi connectivity index (χ0n) is 12.1. The number of carboxylic acids is 1. The van der Waals surface area contributed by atoms with Gasteiger partial charge >= 0.3 is 5.97 Å². The molecule has 0 fully saturated rings. The van der Waals surface area contributed by atoms with Gasteiger partial charge in [-0.05, 0) is 31.4 Å². The van der Waals surface area contributed by atoms with Crippen LogP contribution in [0.15, 0.2) is 18.2 Å². The summed E-state index contributed by atoms with van der Waals surface area (Å²) in [6, 6.07) is 5.19. The smallest absolute Gasteiger partial charge is 0.336 e. The zero-order chi connectivity index (χ0) is 14.3. The maximum atomic E-state index is 11.1. The Hall–Kier alpha value is -1.51. The van der Waals surface area contributed by atoms with Gasteiger partial charge in [-0.15, -0.1) is 0 Å². The van der Waals surface area contributed by atoms with E-state index in [4.69, 9.17) is 9.84 Å². The number of benzene rings is 1. The molecule has 0 aliphatic rings. The van der Waals surface area contributed by atoms with Crippen molar-refractivity contribution in [1.29, 1.82) is 0 Å². The lowest BCUT2D eigenvalue weighted by atomic mass is 10.0. The average Bonchev–Trinajstić information content (AvgIpc) is 2.40. The van der Waals surface area contributed by atoms with Crippen LogP contribution in [0.5, 0.6) is 5.75 Å². The van der Waals surface area contributed by atoms with Gasteiger partial charge in [-0.3, -0.25) is 0 Å². The number of hydrogen-bond acceptors (Lipinski definition) is 2. The fraction of sp³-hybridized carbons (Fsp3) is 0.562. The van der Waals surface area contributed by atoms with E-state index in [0.717, 1.165) is 6.42 Å². The first kappa shape index (κ1) is 15.5. The van der Waals surface area contributed by atoms with Crippen molar-refractivity contribution in [3.05, 3.63) is 29.3 Å². The van der Waals surface area contributed by atoms with Gasteiger partial charge in [-0.25, -0.2) is 4.79 Å². The molecule has 1 atom stereocenters. The van der Waals surface area contributed by atoms with Gasteiger partial charge in [-0.2, -0.15) is 0 Å².